The lowest BCUT2D eigenvalue weighted by atomic mass is 10.1. The fourth-order valence-corrected chi connectivity index (χ4v) is 2.14. The first-order valence-electron chi connectivity index (χ1n) is 7.34. The molecule has 7 heteroatoms. The quantitative estimate of drug-likeness (QED) is 0.665. The van der Waals surface area contributed by atoms with E-state index in [4.69, 9.17) is 22.1 Å². The zero-order valence-electron chi connectivity index (χ0n) is 13.0. The molecule has 0 aliphatic heterocycles. The Morgan fingerprint density at radius 2 is 2.23 bits per heavy atom. The molecule has 22 heavy (non-hydrogen) atoms. The number of aromatic nitrogens is 1. The van der Waals surface area contributed by atoms with Crippen LogP contribution in [0.3, 0.4) is 0 Å². The van der Waals surface area contributed by atoms with Crippen LogP contribution >= 0.6 is 12.4 Å². The lowest BCUT2D eigenvalue weighted by Crippen LogP contribution is -2.36. The number of para-hydroxylation sites is 1. The van der Waals surface area contributed by atoms with Gasteiger partial charge in [-0.1, -0.05) is 18.2 Å². The molecule has 122 valence electrons. The van der Waals surface area contributed by atoms with E-state index < -0.39 is 24.7 Å². The molecule has 2 aromatic rings. The molecule has 0 bridgehead atoms. The summed E-state index contributed by atoms with van der Waals surface area (Å²) in [5.41, 5.74) is 7.63. The highest BCUT2D eigenvalue weighted by molar-refractivity contribution is 5.85. The van der Waals surface area contributed by atoms with Crippen molar-refractivity contribution in [2.45, 2.75) is 18.6 Å². The summed E-state index contributed by atoms with van der Waals surface area (Å²) in [6, 6.07) is 6.75. The molecule has 1 aromatic carbocycles. The lowest BCUT2D eigenvalue weighted by molar-refractivity contribution is -0.148. The average Bonchev–Trinajstić information content (AvgIpc) is 2.90. The summed E-state index contributed by atoms with van der Waals surface area (Å²) in [6.45, 7) is -0.753. The smallest absolute Gasteiger partial charge is 0.323 e. The third-order valence-corrected chi connectivity index (χ3v) is 3.24. The zero-order valence-corrected chi connectivity index (χ0v) is 12.8. The highest BCUT2D eigenvalue weighted by Gasteiger charge is 2.19. The molecule has 1 unspecified atom stereocenters. The number of aliphatic hydroxyl groups is 2. The van der Waals surface area contributed by atoms with Crippen LogP contribution in [0.1, 0.15) is 6.93 Å². The molecule has 4 N–H and O–H groups in total. The molecular weight excluding hydrogens is 308 g/mol. The van der Waals surface area contributed by atoms with Gasteiger partial charge < -0.3 is 25.3 Å². The van der Waals surface area contributed by atoms with Crippen molar-refractivity contribution in [3.05, 3.63) is 36.0 Å². The van der Waals surface area contributed by atoms with Gasteiger partial charge in [-0.3, -0.25) is 4.79 Å². The number of ether oxygens (including phenoxy) is 1. The van der Waals surface area contributed by atoms with Gasteiger partial charge >= 0.3 is 5.97 Å². The lowest BCUT2D eigenvalue weighted by Gasteiger charge is -2.13. The molecule has 6 nitrogen and oxygen atoms in total. The van der Waals surface area contributed by atoms with Gasteiger partial charge in [0.05, 0.1) is 6.61 Å². The van der Waals surface area contributed by atoms with Gasteiger partial charge in [-0.15, -0.1) is 12.4 Å². The number of hydrogen-bond acceptors (Lipinski definition) is 5. The van der Waals surface area contributed by atoms with Crippen LogP contribution < -0.4 is 5.73 Å². The topological polar surface area (TPSA) is 97.7 Å². The molecule has 1 aromatic heterocycles. The Hall–Kier alpha value is -1.60. The number of nitrogens with two attached hydrogens (primary N) is 1. The fourth-order valence-electron chi connectivity index (χ4n) is 2.14. The molecule has 0 aliphatic carbocycles. The maximum Gasteiger partial charge on any atom is 0.323 e. The van der Waals surface area contributed by atoms with E-state index in [0.29, 0.717) is 0 Å². The average molecular weight is 330 g/mol. The number of esters is 1. The number of benzene rings is 1. The van der Waals surface area contributed by atoms with E-state index in [2.05, 4.69) is 0 Å². The molecule has 0 fully saturated rings. The first-order chi connectivity index (χ1) is 10.6. The predicted molar refractivity (Wildman–Crippen MR) is 85.9 cm³/mol. The van der Waals surface area contributed by atoms with E-state index in [1.165, 1.54) is 0 Å². The first-order valence-corrected chi connectivity index (χ1v) is 6.64. The minimum absolute atomic E-state index is 0. The fraction of sp³-hybridized carbons (Fsp3) is 0.400. The Morgan fingerprint density at radius 3 is 2.91 bits per heavy atom. The molecular formula is C15H21ClN2O4. The van der Waals surface area contributed by atoms with Crippen LogP contribution in [0.15, 0.2) is 30.5 Å². The van der Waals surface area contributed by atoms with E-state index in [-0.39, 0.29) is 32.5 Å². The van der Waals surface area contributed by atoms with Gasteiger partial charge in [-0.25, -0.2) is 0 Å². The highest BCUT2D eigenvalue weighted by Crippen LogP contribution is 2.21. The third kappa shape index (κ3) is 4.20. The highest BCUT2D eigenvalue weighted by atomic mass is 35.5. The summed E-state index contributed by atoms with van der Waals surface area (Å²) in [7, 11) is 0.0862. The summed E-state index contributed by atoms with van der Waals surface area (Å²) in [5, 5.41) is 18.8. The number of carbonyl (C=O) groups is 1. The molecule has 0 radical (unpaired) electrons. The van der Waals surface area contributed by atoms with E-state index in [1.54, 1.807) is 4.57 Å². The second kappa shape index (κ2) is 8.14. The van der Waals surface area contributed by atoms with E-state index >= 15 is 0 Å². The van der Waals surface area contributed by atoms with Crippen LogP contribution in [0.5, 0.6) is 0 Å². The Morgan fingerprint density at radius 1 is 1.50 bits per heavy atom. The molecule has 2 atom stereocenters. The van der Waals surface area contributed by atoms with Gasteiger partial charge in [0.1, 0.15) is 18.8 Å². The standard InChI is InChI=1S/C15H20N2O4.ClH/c1-17-7-10(12-4-2-3-5-14(12)17)6-13(16)15(20)21-9-11(19)8-18;/h2-5,7,11,13,18-19H,6,8-9,16H2,1H3;1H/t11?,13-;/m0./s1/i1D;. The first kappa shape index (κ1) is 16.8. The maximum atomic E-state index is 11.8. The van der Waals surface area contributed by atoms with Gasteiger partial charge in [0.2, 0.25) is 0 Å². The van der Waals surface area contributed by atoms with Crippen molar-refractivity contribution in [1.82, 2.24) is 4.57 Å². The van der Waals surface area contributed by atoms with Crippen LogP contribution in [-0.2, 0) is 23.0 Å². The van der Waals surface area contributed by atoms with Crippen LogP contribution in [0, 0.1) is 0 Å². The number of nitrogens with zero attached hydrogens (tertiary/aromatic N) is 1. The van der Waals surface area contributed by atoms with Crippen molar-refractivity contribution in [2.24, 2.45) is 12.8 Å². The minimum Gasteiger partial charge on any atom is -0.462 e. The van der Waals surface area contributed by atoms with Crippen molar-refractivity contribution in [1.29, 1.82) is 0 Å². The van der Waals surface area contributed by atoms with Gasteiger partial charge in [0.15, 0.2) is 0 Å². The van der Waals surface area contributed by atoms with E-state index in [9.17, 15) is 4.79 Å². The molecule has 0 saturated carbocycles. The SMILES string of the molecule is Cl.[2H]Cn1cc(C[C@H](N)C(=O)OCC(O)CO)c2ccccc21. The number of aliphatic hydroxyl groups excluding tert-OH is 2. The molecule has 1 heterocycles. The Labute approximate surface area is 136 Å². The van der Waals surface area contributed by atoms with Gasteiger partial charge in [0, 0.05) is 31.9 Å². The van der Waals surface area contributed by atoms with Crippen molar-refractivity contribution < 1.29 is 21.1 Å². The van der Waals surface area contributed by atoms with E-state index in [1.807, 2.05) is 30.5 Å². The molecule has 0 spiro atoms. The number of fused-ring (bicyclic) bond motifs is 1. The van der Waals surface area contributed by atoms with Crippen LogP contribution in [-0.4, -0.2) is 46.1 Å². The molecule has 0 amide bonds. The normalized spacial score (nSPS) is 14.0. The molecule has 2 rings (SSSR count). The number of hydrogen-bond donors (Lipinski definition) is 3. The Bertz CT molecular complexity index is 649. The van der Waals surface area contributed by atoms with Crippen molar-refractivity contribution in [3.8, 4) is 0 Å². The largest absolute Gasteiger partial charge is 0.462 e. The summed E-state index contributed by atoms with van der Waals surface area (Å²) >= 11 is 0. The van der Waals surface area contributed by atoms with Gasteiger partial charge in [0.25, 0.3) is 0 Å². The maximum absolute atomic E-state index is 11.8. The van der Waals surface area contributed by atoms with Crippen molar-refractivity contribution in [3.63, 3.8) is 0 Å². The third-order valence-electron chi connectivity index (χ3n) is 3.24. The van der Waals surface area contributed by atoms with Crippen LogP contribution in [0.2, 0.25) is 0 Å². The monoisotopic (exact) mass is 329 g/mol. The van der Waals surface area contributed by atoms with Crippen molar-refractivity contribution >= 4 is 29.3 Å². The van der Waals surface area contributed by atoms with Crippen LogP contribution in [0.25, 0.3) is 10.9 Å². The number of aryl methyl sites for hydroxylation is 1. The van der Waals surface area contributed by atoms with Crippen molar-refractivity contribution in [2.75, 3.05) is 13.2 Å². The summed E-state index contributed by atoms with van der Waals surface area (Å²) in [6.07, 6.45) is 0.996. The molecule has 0 aliphatic rings. The van der Waals surface area contributed by atoms with Gasteiger partial charge in [-0.2, -0.15) is 0 Å². The van der Waals surface area contributed by atoms with E-state index in [0.717, 1.165) is 16.5 Å². The molecule has 0 saturated heterocycles. The Balaban J connectivity index is 0.00000264. The second-order valence-electron chi connectivity index (χ2n) is 4.92. The number of rotatable bonds is 6. The number of carbonyl (C=O) groups excluding carboxylic acids is 1. The van der Waals surface area contributed by atoms with Gasteiger partial charge in [-0.05, 0) is 11.6 Å². The summed E-state index contributed by atoms with van der Waals surface area (Å²) < 4.78 is 14.2. The minimum atomic E-state index is -1.10. The zero-order chi connectivity index (χ0) is 16.1. The number of halogens is 1. The van der Waals surface area contributed by atoms with Crippen LogP contribution in [0.4, 0.5) is 0 Å². The summed E-state index contributed by atoms with van der Waals surface area (Å²) in [5.74, 6) is -0.629. The Kier molecular flexibility index (Phi) is 6.21. The predicted octanol–water partition coefficient (Wildman–Crippen LogP) is 0.366. The second-order valence-corrected chi connectivity index (χ2v) is 4.92. The summed E-state index contributed by atoms with van der Waals surface area (Å²) in [4.78, 5) is 11.8.